The van der Waals surface area contributed by atoms with Crippen LogP contribution in [0.4, 0.5) is 0 Å². The molecule has 9 amide bonds. The number of ether oxygens (including phenoxy) is 1. The number of rotatable bonds is 11. The fourth-order valence-corrected chi connectivity index (χ4v) is 17.3. The molecule has 4 aliphatic heterocycles. The van der Waals surface area contributed by atoms with Crippen molar-refractivity contribution in [1.82, 2.24) is 83.4 Å². The number of aliphatic hydroxyl groups excluding tert-OH is 4. The average Bonchev–Trinajstić information content (AvgIpc) is 1.66. The number of pyridine rings is 1. The highest BCUT2D eigenvalue weighted by atomic mass is 32.2. The molecule has 0 unspecified atom stereocenters. The second-order valence-corrected chi connectivity index (χ2v) is 32.5. The summed E-state index contributed by atoms with van der Waals surface area (Å²) in [6.07, 6.45) is -3.28. The van der Waals surface area contributed by atoms with Gasteiger partial charge in [-0.05, 0) is 85.8 Å². The maximum atomic E-state index is 15.4. The highest BCUT2D eigenvalue weighted by molar-refractivity contribution is 8.14. The number of carbonyl (C=O) groups is 11. The number of allylic oxidation sites excluding steroid dienone is 1. The largest absolute Gasteiger partial charge is 0.477 e. The van der Waals surface area contributed by atoms with E-state index in [1.54, 1.807) is 32.9 Å². The zero-order chi connectivity index (χ0) is 82.7. The molecule has 600 valence electrons. The molecule has 10 rings (SSSR count). The summed E-state index contributed by atoms with van der Waals surface area (Å²) in [5.41, 5.74) is -6.58. The number of carbonyl (C=O) groups excluding carboxylic acids is 10. The van der Waals surface area contributed by atoms with Crippen LogP contribution in [0.5, 0.6) is 0 Å². The van der Waals surface area contributed by atoms with Crippen molar-refractivity contribution in [2.45, 2.75) is 178 Å². The van der Waals surface area contributed by atoms with Gasteiger partial charge >= 0.3 is 11.9 Å². The number of aliphatic carboxylic acids is 1. The molecule has 0 fully saturated rings. The molecule has 42 heteroatoms. The molecule has 17 N–H and O–H groups in total. The van der Waals surface area contributed by atoms with Crippen LogP contribution in [0.3, 0.4) is 0 Å². The van der Waals surface area contributed by atoms with Crippen molar-refractivity contribution < 1.29 is 88.1 Å². The SMILES string of the molecule is C=C(NC(=O)C(=C)NC(=O)c1csc(C2=N[C@@H]3c4csc(n4)[C@H]4NC(=S)c5csc(n5)[C@H]([C@@](C)(O)[C@H](C)O)NC(=O)[C@H]5CSC(=N5)C(=CC)NC(=O)[C@@H]([C@H](C)O)NC(=O)c5csc(n5)[C@]3(CC2)NC(=O)[C@H](C)NC(=O)C(=C)NC(=O)[C@H](C)NC(=O)[C@@H](C(C)C)N[C@@H]2C=Cc3c([C@@H](C)O)cc(nc3[C@H]2O)C(=O)O[C@H]4C)n1)C(=O)O. The van der Waals surface area contributed by atoms with Gasteiger partial charge in [0, 0.05) is 32.8 Å². The van der Waals surface area contributed by atoms with Crippen LogP contribution in [0, 0.1) is 5.92 Å². The number of hydrogen-bond donors (Lipinski definition) is 17. The molecule has 0 spiro atoms. The highest BCUT2D eigenvalue weighted by Crippen LogP contribution is 2.48. The van der Waals surface area contributed by atoms with Crippen molar-refractivity contribution in [3.05, 3.63) is 148 Å². The van der Waals surface area contributed by atoms with Gasteiger partial charge in [-0.3, -0.25) is 58.5 Å². The van der Waals surface area contributed by atoms with Crippen LogP contribution >= 0.6 is 69.3 Å². The number of thiocarbonyl (C=S) groups is 1. The molecule has 16 atom stereocenters. The van der Waals surface area contributed by atoms with Gasteiger partial charge in [0.1, 0.15) is 124 Å². The summed E-state index contributed by atoms with van der Waals surface area (Å²) >= 11 is 10.8. The van der Waals surface area contributed by atoms with Crippen LogP contribution in [0.25, 0.3) is 6.08 Å². The minimum absolute atomic E-state index is 0.00685. The third-order valence-corrected chi connectivity index (χ3v) is 24.1. The van der Waals surface area contributed by atoms with Crippen LogP contribution in [0.1, 0.15) is 192 Å². The third kappa shape index (κ3) is 18.7. The first-order valence-electron chi connectivity index (χ1n) is 35.0. The Hall–Kier alpha value is -10.1. The maximum absolute atomic E-state index is 15.4. The van der Waals surface area contributed by atoms with Crippen molar-refractivity contribution in [3.8, 4) is 0 Å². The Morgan fingerprint density at radius 3 is 2.13 bits per heavy atom. The first-order valence-corrected chi connectivity index (χ1v) is 39.9. The van der Waals surface area contributed by atoms with E-state index in [2.05, 4.69) is 87.9 Å². The molecular formula is C71H82N18O18S6. The lowest BCUT2D eigenvalue weighted by atomic mass is 9.80. The van der Waals surface area contributed by atoms with Crippen LogP contribution in [-0.2, 0) is 48.6 Å². The smallest absolute Gasteiger partial charge is 0.357 e. The van der Waals surface area contributed by atoms with Crippen LogP contribution in [0.15, 0.2) is 92.2 Å². The predicted octanol–water partition coefficient (Wildman–Crippen LogP) is 1.52. The van der Waals surface area contributed by atoms with Crippen molar-refractivity contribution in [2.75, 3.05) is 5.75 Å². The number of aliphatic imine (C=N–C) groups is 2. The van der Waals surface area contributed by atoms with Crippen LogP contribution in [-0.4, -0.2) is 202 Å². The van der Waals surface area contributed by atoms with E-state index in [-0.39, 0.29) is 99.7 Å². The number of nitrogens with zero attached hydrogens (tertiary/aromatic N) is 7. The summed E-state index contributed by atoms with van der Waals surface area (Å²) in [7, 11) is 0. The summed E-state index contributed by atoms with van der Waals surface area (Å²) in [6, 6.07) is -11.1. The van der Waals surface area contributed by atoms with E-state index in [1.165, 1.54) is 82.1 Å². The zero-order valence-electron chi connectivity index (χ0n) is 62.2. The Morgan fingerprint density at radius 1 is 0.761 bits per heavy atom. The highest BCUT2D eigenvalue weighted by Gasteiger charge is 2.51. The minimum Gasteiger partial charge on any atom is -0.477 e. The predicted molar refractivity (Wildman–Crippen MR) is 419 cm³/mol. The second-order valence-electron chi connectivity index (χ2n) is 27.6. The summed E-state index contributed by atoms with van der Waals surface area (Å²) in [5.74, 6) is -11.6. The number of carboxylic acids is 1. The molecular weight excluding hydrogens is 1590 g/mol. The number of fused-ring (bicyclic) bond motifs is 7. The van der Waals surface area contributed by atoms with Gasteiger partial charge in [0.2, 0.25) is 29.5 Å². The van der Waals surface area contributed by atoms with E-state index in [0.717, 1.165) is 57.1 Å². The Kier molecular flexibility index (Phi) is 26.5. The number of aromatic nitrogens is 5. The number of aliphatic hydroxyl groups is 5. The lowest BCUT2D eigenvalue weighted by molar-refractivity contribution is -0.134. The van der Waals surface area contributed by atoms with E-state index in [9.17, 15) is 73.8 Å². The van der Waals surface area contributed by atoms with E-state index in [1.807, 2.05) is 5.32 Å². The molecule has 36 nitrogen and oxygen atoms in total. The molecule has 9 heterocycles. The summed E-state index contributed by atoms with van der Waals surface area (Å²) in [4.78, 5) is 188. The van der Waals surface area contributed by atoms with Crippen molar-refractivity contribution in [2.24, 2.45) is 15.9 Å². The standard InChI is InChI=1S/C71H82N18O18S6/c1-14-37-63-82-43(22-109-63)59(100)88-52(70(13,106)34(12)92)66-84-45(24-112-66)62(108)87-48-33(11)107-68(105)40-19-36(31(9)90)35-15-16-38(50(93)49(35)78-40)77-46(25(2)3)60(101)75-28(6)54(95)72-26(4)53(94)73-29(7)56(97)89-71(69-85-44(23-113-69)58(99)86-47(32(10)91)61(102)80-37)18-17-39(79-51(71)41-20-111-65(48)81-41)64-83-42(21-110-64)57(98)74-27(5)55(96)76-30(8)67(103)104/h14-16,19-21,23-25,28-29,31-34,38,43,46-48,50-52,77,90-93,106H,4-5,8,17-18,22H2,1-3,6-7,9-13H3,(H,72,95)(H,73,94)(H,74,98)(H,75,101)(H,76,96)(H,80,102)(H,86,99)(H,87,108)(H,88,100)(H,89,97)(H,103,104)/t28-,29-,31+,32-,33-,34-,38+,43+,46+,47+,48-,50-,51+,52+,70-,71+/m0/s1. The van der Waals surface area contributed by atoms with Gasteiger partial charge in [-0.2, -0.15) is 0 Å². The molecule has 0 saturated carbocycles. The Balaban J connectivity index is 1.18. The molecule has 0 saturated heterocycles. The number of esters is 1. The molecule has 1 aliphatic carbocycles. The van der Waals surface area contributed by atoms with Gasteiger partial charge in [0.15, 0.2) is 0 Å². The van der Waals surface area contributed by atoms with Gasteiger partial charge in [-0.1, -0.05) is 64.0 Å². The molecule has 5 aromatic heterocycles. The van der Waals surface area contributed by atoms with Gasteiger partial charge in [-0.15, -0.1) is 57.1 Å². The summed E-state index contributed by atoms with van der Waals surface area (Å²) < 4.78 is 6.34. The third-order valence-electron chi connectivity index (χ3n) is 18.9. The van der Waals surface area contributed by atoms with Crippen molar-refractivity contribution >= 4 is 156 Å². The normalized spacial score (nSPS) is 26.8. The van der Waals surface area contributed by atoms with Gasteiger partial charge in [-0.25, -0.2) is 34.5 Å². The molecule has 0 radical (unpaired) electrons. The lowest BCUT2D eigenvalue weighted by Crippen LogP contribution is -2.57. The number of thioether (sulfide) groups is 1. The first-order chi connectivity index (χ1) is 53.2. The summed E-state index contributed by atoms with van der Waals surface area (Å²) in [5, 5.41) is 102. The number of amides is 9. The summed E-state index contributed by atoms with van der Waals surface area (Å²) in [6.45, 7) is 24.8. The van der Waals surface area contributed by atoms with E-state index in [0.29, 0.717) is 0 Å². The zero-order valence-corrected chi connectivity index (χ0v) is 67.1. The minimum atomic E-state index is -2.14. The number of hydrogen-bond acceptors (Lipinski definition) is 31. The van der Waals surface area contributed by atoms with Gasteiger partial charge in [0.05, 0.1) is 64.6 Å². The topological polar surface area (TPSA) is 540 Å². The Bertz CT molecular complexity index is 4860. The monoisotopic (exact) mass is 1670 g/mol. The fourth-order valence-electron chi connectivity index (χ4n) is 12.2. The number of thiazole rings is 4. The molecule has 5 aliphatic rings. The van der Waals surface area contributed by atoms with Crippen molar-refractivity contribution in [3.63, 3.8) is 0 Å². The average molecular weight is 1670 g/mol. The number of nitrogens with one attached hydrogen (secondary N) is 11. The Morgan fingerprint density at radius 2 is 1.46 bits per heavy atom. The van der Waals surface area contributed by atoms with Crippen LogP contribution in [0.2, 0.25) is 0 Å². The van der Waals surface area contributed by atoms with Crippen LogP contribution < -0.4 is 58.5 Å². The number of cyclic esters (lactones) is 1. The molecule has 5 aromatic rings. The van der Waals surface area contributed by atoms with E-state index < -0.39 is 190 Å². The lowest BCUT2D eigenvalue weighted by Gasteiger charge is -2.41. The van der Waals surface area contributed by atoms with Crippen molar-refractivity contribution in [1.29, 1.82) is 0 Å². The quantitative estimate of drug-likeness (QED) is 0.0506. The first kappa shape index (κ1) is 85.3. The van der Waals surface area contributed by atoms with Gasteiger partial charge in [0.25, 0.3) is 23.6 Å². The molecule has 0 aromatic carbocycles. The fraction of sp³-hybridized carbons (Fsp3) is 0.423. The van der Waals surface area contributed by atoms with E-state index in [4.69, 9.17) is 36.9 Å². The molecule has 113 heavy (non-hydrogen) atoms. The molecule has 13 bridgehead atoms. The number of carboxylic acid groups (broad SMARTS) is 1. The van der Waals surface area contributed by atoms with Gasteiger partial charge < -0.3 is 88.5 Å². The maximum Gasteiger partial charge on any atom is 0.357 e. The Labute approximate surface area is 671 Å². The van der Waals surface area contributed by atoms with E-state index >= 15 is 9.59 Å². The second kappa shape index (κ2) is 35.1.